The van der Waals surface area contributed by atoms with Crippen molar-refractivity contribution < 1.29 is 14.6 Å². The van der Waals surface area contributed by atoms with Crippen LogP contribution >= 0.6 is 0 Å². The van der Waals surface area contributed by atoms with E-state index in [2.05, 4.69) is 10.3 Å². The first kappa shape index (κ1) is 17.4. The van der Waals surface area contributed by atoms with E-state index < -0.39 is 6.10 Å². The summed E-state index contributed by atoms with van der Waals surface area (Å²) in [6, 6.07) is 0. The van der Waals surface area contributed by atoms with Gasteiger partial charge in [-0.1, -0.05) is 18.1 Å². The number of likely N-dealkylation sites (tertiary alicyclic amines) is 1. The number of nitrogens with zero attached hydrogens (tertiary/aromatic N) is 4. The SMILES string of the molecule is CC(O)c1cn(CC(=O)N2CCC(OCC3CCCC3)CC2)nn1. The van der Waals surface area contributed by atoms with Crippen LogP contribution in [0.15, 0.2) is 6.20 Å². The number of hydrogen-bond acceptors (Lipinski definition) is 5. The number of ether oxygens (including phenoxy) is 1. The Bertz CT molecular complexity index is 532. The van der Waals surface area contributed by atoms with E-state index in [0.717, 1.165) is 38.5 Å². The number of piperidine rings is 1. The Morgan fingerprint density at radius 2 is 2.04 bits per heavy atom. The topological polar surface area (TPSA) is 80.5 Å². The number of hydrogen-bond donors (Lipinski definition) is 1. The van der Waals surface area contributed by atoms with Crippen molar-refractivity contribution in [3.05, 3.63) is 11.9 Å². The summed E-state index contributed by atoms with van der Waals surface area (Å²) in [6.45, 7) is 4.18. The van der Waals surface area contributed by atoms with Crippen LogP contribution in [0.25, 0.3) is 0 Å². The molecule has 0 radical (unpaired) electrons. The lowest BCUT2D eigenvalue weighted by Crippen LogP contribution is -2.42. The van der Waals surface area contributed by atoms with Crippen LogP contribution in [0.5, 0.6) is 0 Å². The van der Waals surface area contributed by atoms with Gasteiger partial charge in [-0.15, -0.1) is 5.10 Å². The monoisotopic (exact) mass is 336 g/mol. The van der Waals surface area contributed by atoms with E-state index in [1.54, 1.807) is 13.1 Å². The largest absolute Gasteiger partial charge is 0.387 e. The molecule has 1 saturated carbocycles. The minimum atomic E-state index is -0.665. The average molecular weight is 336 g/mol. The van der Waals surface area contributed by atoms with Crippen LogP contribution in [-0.2, 0) is 16.1 Å². The summed E-state index contributed by atoms with van der Waals surface area (Å²) < 4.78 is 7.54. The molecule has 2 fully saturated rings. The lowest BCUT2D eigenvalue weighted by atomic mass is 10.1. The Balaban J connectivity index is 1.39. The second-order valence-corrected chi connectivity index (χ2v) is 7.08. The fourth-order valence-electron chi connectivity index (χ4n) is 3.54. The zero-order chi connectivity index (χ0) is 16.9. The van der Waals surface area contributed by atoms with Crippen LogP contribution in [0, 0.1) is 5.92 Å². The smallest absolute Gasteiger partial charge is 0.244 e. The number of carbonyl (C=O) groups is 1. The molecule has 1 aliphatic heterocycles. The van der Waals surface area contributed by atoms with Gasteiger partial charge in [0.1, 0.15) is 12.2 Å². The van der Waals surface area contributed by atoms with Crippen molar-refractivity contribution >= 4 is 5.91 Å². The summed E-state index contributed by atoms with van der Waals surface area (Å²) in [7, 11) is 0. The standard InChI is InChI=1S/C17H28N4O3/c1-13(22)16-10-21(19-18-16)11-17(23)20-8-6-15(7-9-20)24-12-14-4-2-3-5-14/h10,13-15,22H,2-9,11-12H2,1H3. The number of carbonyl (C=O) groups excluding carboxylic acids is 1. The first-order chi connectivity index (χ1) is 11.6. The van der Waals surface area contributed by atoms with Gasteiger partial charge in [0, 0.05) is 19.7 Å². The molecule has 1 atom stereocenters. The molecule has 2 heterocycles. The molecule has 1 N–H and O–H groups in total. The highest BCUT2D eigenvalue weighted by atomic mass is 16.5. The Morgan fingerprint density at radius 3 is 2.67 bits per heavy atom. The summed E-state index contributed by atoms with van der Waals surface area (Å²) in [5.41, 5.74) is 0.488. The third-order valence-electron chi connectivity index (χ3n) is 5.12. The van der Waals surface area contributed by atoms with E-state index in [4.69, 9.17) is 4.74 Å². The number of aliphatic hydroxyl groups is 1. The molecular formula is C17H28N4O3. The van der Waals surface area contributed by atoms with Crippen LogP contribution < -0.4 is 0 Å². The molecule has 0 bridgehead atoms. The average Bonchev–Trinajstić information content (AvgIpc) is 3.25. The highest BCUT2D eigenvalue weighted by Crippen LogP contribution is 2.26. The first-order valence-electron chi connectivity index (χ1n) is 9.09. The zero-order valence-corrected chi connectivity index (χ0v) is 14.4. The Morgan fingerprint density at radius 1 is 1.33 bits per heavy atom. The molecule has 1 unspecified atom stereocenters. The van der Waals surface area contributed by atoms with Gasteiger partial charge in [0.15, 0.2) is 0 Å². The summed E-state index contributed by atoms with van der Waals surface area (Å²) in [5.74, 6) is 0.798. The lowest BCUT2D eigenvalue weighted by Gasteiger charge is -2.32. The van der Waals surface area contributed by atoms with E-state index in [-0.39, 0.29) is 12.5 Å². The number of amides is 1. The summed E-state index contributed by atoms with van der Waals surface area (Å²) in [6.07, 6.45) is 8.39. The maximum atomic E-state index is 12.4. The number of rotatable bonds is 6. The Kier molecular flexibility index (Phi) is 5.84. The summed E-state index contributed by atoms with van der Waals surface area (Å²) in [5, 5.41) is 17.2. The second-order valence-electron chi connectivity index (χ2n) is 7.08. The predicted octanol–water partition coefficient (Wildman–Crippen LogP) is 1.53. The van der Waals surface area contributed by atoms with Gasteiger partial charge < -0.3 is 14.7 Å². The molecule has 0 spiro atoms. The van der Waals surface area contributed by atoms with Gasteiger partial charge in [0.2, 0.25) is 5.91 Å². The molecule has 1 aliphatic carbocycles. The fraction of sp³-hybridized carbons (Fsp3) is 0.824. The molecule has 1 aromatic heterocycles. The van der Waals surface area contributed by atoms with Crippen molar-refractivity contribution in [1.82, 2.24) is 19.9 Å². The Hall–Kier alpha value is -1.47. The molecule has 1 aromatic rings. The third kappa shape index (κ3) is 4.54. The van der Waals surface area contributed by atoms with Crippen molar-refractivity contribution in [2.24, 2.45) is 5.92 Å². The molecule has 3 rings (SSSR count). The normalized spacial score (nSPS) is 21.3. The van der Waals surface area contributed by atoms with E-state index >= 15 is 0 Å². The van der Waals surface area contributed by atoms with Crippen LogP contribution in [-0.4, -0.2) is 56.7 Å². The number of aliphatic hydroxyl groups excluding tert-OH is 1. The molecule has 24 heavy (non-hydrogen) atoms. The predicted molar refractivity (Wildman–Crippen MR) is 88.2 cm³/mol. The van der Waals surface area contributed by atoms with E-state index in [0.29, 0.717) is 11.8 Å². The lowest BCUT2D eigenvalue weighted by molar-refractivity contribution is -0.134. The Labute approximate surface area is 143 Å². The van der Waals surface area contributed by atoms with Gasteiger partial charge in [-0.25, -0.2) is 4.68 Å². The van der Waals surface area contributed by atoms with Gasteiger partial charge in [0.25, 0.3) is 0 Å². The fourth-order valence-corrected chi connectivity index (χ4v) is 3.54. The highest BCUT2D eigenvalue weighted by molar-refractivity contribution is 5.76. The molecular weight excluding hydrogens is 308 g/mol. The number of aromatic nitrogens is 3. The second kappa shape index (κ2) is 8.07. The van der Waals surface area contributed by atoms with Crippen molar-refractivity contribution in [2.75, 3.05) is 19.7 Å². The van der Waals surface area contributed by atoms with E-state index in [1.165, 1.54) is 30.4 Å². The van der Waals surface area contributed by atoms with Gasteiger partial charge >= 0.3 is 0 Å². The summed E-state index contributed by atoms with van der Waals surface area (Å²) >= 11 is 0. The molecule has 1 saturated heterocycles. The minimum absolute atomic E-state index is 0.0475. The van der Waals surface area contributed by atoms with Crippen LogP contribution in [0.3, 0.4) is 0 Å². The van der Waals surface area contributed by atoms with Gasteiger partial charge in [0.05, 0.1) is 18.4 Å². The molecule has 1 amide bonds. The van der Waals surface area contributed by atoms with Crippen molar-refractivity contribution in [1.29, 1.82) is 0 Å². The van der Waals surface area contributed by atoms with Crippen LogP contribution in [0.1, 0.15) is 57.2 Å². The summed E-state index contributed by atoms with van der Waals surface area (Å²) in [4.78, 5) is 14.2. The van der Waals surface area contributed by atoms with Gasteiger partial charge in [-0.05, 0) is 38.5 Å². The quantitative estimate of drug-likeness (QED) is 0.852. The highest BCUT2D eigenvalue weighted by Gasteiger charge is 2.25. The first-order valence-corrected chi connectivity index (χ1v) is 9.09. The third-order valence-corrected chi connectivity index (χ3v) is 5.12. The van der Waals surface area contributed by atoms with Crippen LogP contribution in [0.2, 0.25) is 0 Å². The molecule has 7 heteroatoms. The van der Waals surface area contributed by atoms with E-state index in [9.17, 15) is 9.90 Å². The maximum Gasteiger partial charge on any atom is 0.244 e. The van der Waals surface area contributed by atoms with Gasteiger partial charge in [-0.3, -0.25) is 4.79 Å². The van der Waals surface area contributed by atoms with Crippen molar-refractivity contribution in [2.45, 2.75) is 64.2 Å². The van der Waals surface area contributed by atoms with Crippen molar-refractivity contribution in [3.8, 4) is 0 Å². The molecule has 0 aromatic carbocycles. The van der Waals surface area contributed by atoms with Gasteiger partial charge in [-0.2, -0.15) is 0 Å². The van der Waals surface area contributed by atoms with E-state index in [1.807, 2.05) is 4.90 Å². The maximum absolute atomic E-state index is 12.4. The molecule has 134 valence electrons. The van der Waals surface area contributed by atoms with Crippen molar-refractivity contribution in [3.63, 3.8) is 0 Å². The zero-order valence-electron chi connectivity index (χ0n) is 14.4. The molecule has 2 aliphatic rings. The minimum Gasteiger partial charge on any atom is -0.387 e. The van der Waals surface area contributed by atoms with Crippen LogP contribution in [0.4, 0.5) is 0 Å². The molecule has 7 nitrogen and oxygen atoms in total.